The molecular weight excluding hydrogens is 408 g/mol. The van der Waals surface area contributed by atoms with Crippen LogP contribution in [0.2, 0.25) is 5.02 Å². The molecule has 2 fully saturated rings. The van der Waals surface area contributed by atoms with E-state index in [0.29, 0.717) is 22.8 Å². The molecular formula is C22H25ClN2O5. The van der Waals surface area contributed by atoms with Crippen LogP contribution in [0, 0.1) is 24.7 Å². The first-order chi connectivity index (χ1) is 14.3. The molecule has 2 aliphatic carbocycles. The summed E-state index contributed by atoms with van der Waals surface area (Å²) in [7, 11) is 0. The minimum atomic E-state index is -0.588. The van der Waals surface area contributed by atoms with Gasteiger partial charge in [-0.05, 0) is 62.5 Å². The van der Waals surface area contributed by atoms with Gasteiger partial charge in [0.2, 0.25) is 0 Å². The summed E-state index contributed by atoms with van der Waals surface area (Å²) in [5.41, 5.74) is 0.568. The van der Waals surface area contributed by atoms with Crippen molar-refractivity contribution in [2.24, 2.45) is 17.8 Å². The third-order valence-electron chi connectivity index (χ3n) is 6.41. The van der Waals surface area contributed by atoms with Crippen LogP contribution in [-0.4, -0.2) is 24.6 Å². The molecule has 2 N–H and O–H groups in total. The molecule has 1 heterocycles. The number of nitrogens with one attached hydrogen (secondary N) is 2. The summed E-state index contributed by atoms with van der Waals surface area (Å²) < 4.78 is 10.6. The Morgan fingerprint density at radius 2 is 2.07 bits per heavy atom. The van der Waals surface area contributed by atoms with Crippen molar-refractivity contribution >= 4 is 34.5 Å². The van der Waals surface area contributed by atoms with E-state index in [-0.39, 0.29) is 16.8 Å². The van der Waals surface area contributed by atoms with Crippen LogP contribution in [0.25, 0.3) is 11.0 Å². The van der Waals surface area contributed by atoms with E-state index in [4.69, 9.17) is 20.8 Å². The fourth-order valence-corrected chi connectivity index (χ4v) is 5.21. The molecule has 0 saturated heterocycles. The molecule has 30 heavy (non-hydrogen) atoms. The van der Waals surface area contributed by atoms with Crippen molar-refractivity contribution in [3.63, 3.8) is 0 Å². The molecule has 2 aromatic rings. The van der Waals surface area contributed by atoms with E-state index < -0.39 is 24.2 Å². The summed E-state index contributed by atoms with van der Waals surface area (Å²) in [6, 6.07) is 3.96. The quantitative estimate of drug-likeness (QED) is 0.700. The molecule has 2 saturated carbocycles. The van der Waals surface area contributed by atoms with Crippen molar-refractivity contribution in [2.45, 2.75) is 45.6 Å². The van der Waals surface area contributed by atoms with Gasteiger partial charge in [0.25, 0.3) is 5.91 Å². The highest BCUT2D eigenvalue weighted by molar-refractivity contribution is 6.32. The molecule has 0 spiro atoms. The van der Waals surface area contributed by atoms with Gasteiger partial charge in [0.15, 0.2) is 6.61 Å². The van der Waals surface area contributed by atoms with Crippen LogP contribution in [0.3, 0.4) is 0 Å². The fraction of sp³-hybridized carbons (Fsp3) is 0.500. The van der Waals surface area contributed by atoms with E-state index >= 15 is 0 Å². The lowest BCUT2D eigenvalue weighted by Crippen LogP contribution is -2.48. The molecule has 1 aromatic carbocycles. The van der Waals surface area contributed by atoms with Gasteiger partial charge in [-0.15, -0.1) is 0 Å². The normalized spacial score (nSPS) is 23.4. The van der Waals surface area contributed by atoms with Crippen LogP contribution in [0.4, 0.5) is 4.79 Å². The number of rotatable bonds is 5. The van der Waals surface area contributed by atoms with Gasteiger partial charge < -0.3 is 14.5 Å². The van der Waals surface area contributed by atoms with Crippen molar-refractivity contribution in [1.82, 2.24) is 10.6 Å². The standard InChI is InChI=1S/C22H25ClN2O5/c1-11-5-21(27)30-18-9-19(17(23)8-15(11)18)29-10-20(26)25-22(28)24-12(2)16-7-13-3-4-14(16)6-13/h5,8-9,12-14,16H,3-4,6-7,10H2,1-2H3,(H2,24,25,26,28)/t12-,13-,14-,16+/m1/s1. The number of halogens is 1. The highest BCUT2D eigenvalue weighted by atomic mass is 35.5. The maximum Gasteiger partial charge on any atom is 0.336 e. The van der Waals surface area contributed by atoms with Crippen LogP contribution in [0.1, 0.15) is 38.2 Å². The topological polar surface area (TPSA) is 97.6 Å². The van der Waals surface area contributed by atoms with Crippen molar-refractivity contribution in [3.8, 4) is 5.75 Å². The van der Waals surface area contributed by atoms with E-state index in [1.165, 1.54) is 31.4 Å². The zero-order chi connectivity index (χ0) is 21.4. The number of aryl methyl sites for hydroxylation is 1. The minimum absolute atomic E-state index is 0.0232. The van der Waals surface area contributed by atoms with Crippen molar-refractivity contribution in [1.29, 1.82) is 0 Å². The monoisotopic (exact) mass is 432 g/mol. The van der Waals surface area contributed by atoms with Crippen LogP contribution < -0.4 is 21.0 Å². The smallest absolute Gasteiger partial charge is 0.336 e. The molecule has 4 rings (SSSR count). The largest absolute Gasteiger partial charge is 0.482 e. The Labute approximate surface area is 179 Å². The number of ether oxygens (including phenoxy) is 1. The third-order valence-corrected chi connectivity index (χ3v) is 6.70. The van der Waals surface area contributed by atoms with E-state index in [9.17, 15) is 14.4 Å². The predicted octanol–water partition coefficient (Wildman–Crippen LogP) is 3.78. The summed E-state index contributed by atoms with van der Waals surface area (Å²) >= 11 is 6.22. The van der Waals surface area contributed by atoms with Crippen LogP contribution >= 0.6 is 11.6 Å². The number of carbonyl (C=O) groups is 2. The molecule has 2 bridgehead atoms. The van der Waals surface area contributed by atoms with E-state index in [0.717, 1.165) is 17.9 Å². The second-order valence-electron chi connectivity index (χ2n) is 8.46. The molecule has 8 heteroatoms. The van der Waals surface area contributed by atoms with E-state index in [2.05, 4.69) is 10.6 Å². The number of fused-ring (bicyclic) bond motifs is 3. The molecule has 7 nitrogen and oxygen atoms in total. The zero-order valence-electron chi connectivity index (χ0n) is 17.0. The number of carbonyl (C=O) groups excluding carboxylic acids is 2. The molecule has 160 valence electrons. The van der Waals surface area contributed by atoms with Crippen LogP contribution in [-0.2, 0) is 4.79 Å². The lowest BCUT2D eigenvalue weighted by atomic mass is 9.84. The third kappa shape index (κ3) is 4.31. The molecule has 0 aliphatic heterocycles. The lowest BCUT2D eigenvalue weighted by Gasteiger charge is -2.28. The number of hydrogen-bond acceptors (Lipinski definition) is 5. The second-order valence-corrected chi connectivity index (χ2v) is 8.87. The fourth-order valence-electron chi connectivity index (χ4n) is 4.99. The Hall–Kier alpha value is -2.54. The number of hydrogen-bond donors (Lipinski definition) is 2. The molecule has 2 aliphatic rings. The molecule has 0 unspecified atom stereocenters. The summed E-state index contributed by atoms with van der Waals surface area (Å²) in [4.78, 5) is 35.9. The van der Waals surface area contributed by atoms with Gasteiger partial charge in [0.05, 0.1) is 5.02 Å². The Balaban J connectivity index is 1.31. The van der Waals surface area contributed by atoms with Gasteiger partial charge in [0.1, 0.15) is 11.3 Å². The summed E-state index contributed by atoms with van der Waals surface area (Å²) in [5.74, 6) is 1.57. The van der Waals surface area contributed by atoms with Crippen molar-refractivity contribution < 1.29 is 18.7 Å². The number of imide groups is 1. The summed E-state index contributed by atoms with van der Waals surface area (Å²) in [6.07, 6.45) is 4.95. The summed E-state index contributed by atoms with van der Waals surface area (Å²) in [5, 5.41) is 6.14. The number of amides is 3. The van der Waals surface area contributed by atoms with Gasteiger partial charge >= 0.3 is 11.7 Å². The molecule has 1 aromatic heterocycles. The van der Waals surface area contributed by atoms with Crippen LogP contribution in [0.5, 0.6) is 5.75 Å². The first kappa shape index (κ1) is 20.7. The van der Waals surface area contributed by atoms with E-state index in [1.54, 1.807) is 13.0 Å². The summed E-state index contributed by atoms with van der Waals surface area (Å²) in [6.45, 7) is 3.38. The number of benzene rings is 1. The van der Waals surface area contributed by atoms with Gasteiger partial charge in [-0.25, -0.2) is 9.59 Å². The molecule has 3 amide bonds. The van der Waals surface area contributed by atoms with E-state index in [1.807, 2.05) is 6.92 Å². The lowest BCUT2D eigenvalue weighted by molar-refractivity contribution is -0.122. The Morgan fingerprint density at radius 3 is 2.77 bits per heavy atom. The SMILES string of the molecule is Cc1cc(=O)oc2cc(OCC(=O)NC(=O)N[C@H](C)[C@@H]3C[C@@H]4CC[C@@H]3C4)c(Cl)cc12. The van der Waals surface area contributed by atoms with Gasteiger partial charge in [-0.3, -0.25) is 10.1 Å². The van der Waals surface area contributed by atoms with Crippen molar-refractivity contribution in [2.75, 3.05) is 6.61 Å². The maximum absolute atomic E-state index is 12.2. The maximum atomic E-state index is 12.2. The first-order valence-electron chi connectivity index (χ1n) is 10.3. The minimum Gasteiger partial charge on any atom is -0.482 e. The first-order valence-corrected chi connectivity index (χ1v) is 10.6. The average molecular weight is 433 g/mol. The highest BCUT2D eigenvalue weighted by Gasteiger charge is 2.42. The predicted molar refractivity (Wildman–Crippen MR) is 113 cm³/mol. The Morgan fingerprint density at radius 1 is 1.27 bits per heavy atom. The zero-order valence-corrected chi connectivity index (χ0v) is 17.8. The number of urea groups is 1. The van der Waals surface area contributed by atoms with Crippen molar-refractivity contribution in [3.05, 3.63) is 39.2 Å². The molecule has 4 atom stereocenters. The average Bonchev–Trinajstić information content (AvgIpc) is 3.30. The van der Waals surface area contributed by atoms with Gasteiger partial charge in [-0.2, -0.15) is 0 Å². The van der Waals surface area contributed by atoms with Gasteiger partial charge in [0, 0.05) is 23.6 Å². The Bertz CT molecular complexity index is 1050. The highest BCUT2D eigenvalue weighted by Crippen LogP contribution is 2.49. The Kier molecular flexibility index (Phi) is 5.73. The van der Waals surface area contributed by atoms with Crippen LogP contribution in [0.15, 0.2) is 27.4 Å². The van der Waals surface area contributed by atoms with Gasteiger partial charge in [-0.1, -0.05) is 18.0 Å². The molecule has 0 radical (unpaired) electrons. The second kappa shape index (κ2) is 8.30.